The minimum atomic E-state index is -0.426. The summed E-state index contributed by atoms with van der Waals surface area (Å²) >= 11 is 5.79. The Morgan fingerprint density at radius 1 is 0.920 bits per heavy atom. The van der Waals surface area contributed by atoms with Gasteiger partial charge < -0.3 is 10.1 Å². The van der Waals surface area contributed by atoms with E-state index < -0.39 is 5.82 Å². The topological polar surface area (TPSA) is 21.3 Å². The van der Waals surface area contributed by atoms with Crippen molar-refractivity contribution in [3.8, 4) is 16.9 Å². The summed E-state index contributed by atoms with van der Waals surface area (Å²) in [5.74, 6) is 0.326. The maximum Gasteiger partial charge on any atom is 0.142 e. The van der Waals surface area contributed by atoms with Crippen LogP contribution in [0.1, 0.15) is 11.1 Å². The van der Waals surface area contributed by atoms with Crippen molar-refractivity contribution in [1.29, 1.82) is 0 Å². The molecule has 25 heavy (non-hydrogen) atoms. The highest BCUT2D eigenvalue weighted by Crippen LogP contribution is 2.29. The fraction of sp³-hybridized carbons (Fsp3) is 0.143. The lowest BCUT2D eigenvalue weighted by atomic mass is 10.0. The van der Waals surface area contributed by atoms with Crippen molar-refractivity contribution in [2.45, 2.75) is 13.2 Å². The van der Waals surface area contributed by atoms with E-state index in [0.29, 0.717) is 13.2 Å². The summed E-state index contributed by atoms with van der Waals surface area (Å²) in [6.07, 6.45) is 0. The third-order valence-corrected chi connectivity index (χ3v) is 4.16. The van der Waals surface area contributed by atoms with Crippen molar-refractivity contribution in [2.24, 2.45) is 0 Å². The largest absolute Gasteiger partial charge is 0.489 e. The fourth-order valence-electron chi connectivity index (χ4n) is 2.63. The third kappa shape index (κ3) is 4.59. The minimum absolute atomic E-state index is 0.121. The van der Waals surface area contributed by atoms with Crippen LogP contribution in [0.5, 0.6) is 5.75 Å². The smallest absolute Gasteiger partial charge is 0.142 e. The van der Waals surface area contributed by atoms with Crippen LogP contribution in [0, 0.1) is 5.82 Å². The summed E-state index contributed by atoms with van der Waals surface area (Å²) in [5.41, 5.74) is 3.83. The zero-order chi connectivity index (χ0) is 17.6. The van der Waals surface area contributed by atoms with Crippen LogP contribution < -0.4 is 10.1 Å². The van der Waals surface area contributed by atoms with Gasteiger partial charge in [0.1, 0.15) is 18.2 Å². The number of benzene rings is 3. The molecular formula is C21H19ClFNO. The fourth-order valence-corrected chi connectivity index (χ4v) is 2.75. The number of hydrogen-bond donors (Lipinski definition) is 1. The Hall–Kier alpha value is -2.36. The van der Waals surface area contributed by atoms with E-state index in [1.807, 2.05) is 61.6 Å². The van der Waals surface area contributed by atoms with Crippen LogP contribution in [-0.4, -0.2) is 7.05 Å². The van der Waals surface area contributed by atoms with Crippen molar-refractivity contribution in [1.82, 2.24) is 5.32 Å². The Morgan fingerprint density at radius 3 is 2.44 bits per heavy atom. The summed E-state index contributed by atoms with van der Waals surface area (Å²) < 4.78 is 19.8. The lowest BCUT2D eigenvalue weighted by Crippen LogP contribution is -2.05. The van der Waals surface area contributed by atoms with E-state index in [4.69, 9.17) is 16.3 Å². The van der Waals surface area contributed by atoms with Gasteiger partial charge in [-0.1, -0.05) is 48.0 Å². The summed E-state index contributed by atoms with van der Waals surface area (Å²) in [4.78, 5) is 0. The molecule has 0 bridgehead atoms. The van der Waals surface area contributed by atoms with E-state index in [0.717, 1.165) is 28.0 Å². The predicted octanol–water partition coefficient (Wildman–Crippen LogP) is 5.44. The third-order valence-electron chi connectivity index (χ3n) is 3.85. The monoisotopic (exact) mass is 355 g/mol. The molecular weight excluding hydrogens is 337 g/mol. The van der Waals surface area contributed by atoms with E-state index in [-0.39, 0.29) is 5.02 Å². The molecule has 0 fully saturated rings. The second kappa shape index (κ2) is 8.15. The Labute approximate surface area is 152 Å². The molecule has 0 heterocycles. The summed E-state index contributed by atoms with van der Waals surface area (Å²) in [6.45, 7) is 1.18. The number of nitrogens with one attached hydrogen (secondary N) is 1. The molecule has 0 aliphatic heterocycles. The molecule has 0 radical (unpaired) electrons. The van der Waals surface area contributed by atoms with Crippen molar-refractivity contribution in [3.63, 3.8) is 0 Å². The lowest BCUT2D eigenvalue weighted by molar-refractivity contribution is 0.306. The molecule has 4 heteroatoms. The zero-order valence-electron chi connectivity index (χ0n) is 13.9. The Bertz CT molecular complexity index is 852. The van der Waals surface area contributed by atoms with Gasteiger partial charge in [0.25, 0.3) is 0 Å². The highest BCUT2D eigenvalue weighted by Gasteiger charge is 2.07. The van der Waals surface area contributed by atoms with Crippen LogP contribution in [0.15, 0.2) is 66.7 Å². The molecule has 1 N–H and O–H groups in total. The van der Waals surface area contributed by atoms with Crippen molar-refractivity contribution in [3.05, 3.63) is 88.7 Å². The molecule has 3 aromatic rings. The first kappa shape index (κ1) is 17.5. The average Bonchev–Trinajstić information content (AvgIpc) is 2.63. The minimum Gasteiger partial charge on any atom is -0.489 e. The predicted molar refractivity (Wildman–Crippen MR) is 100 cm³/mol. The van der Waals surface area contributed by atoms with Gasteiger partial charge in [-0.2, -0.15) is 0 Å². The van der Waals surface area contributed by atoms with Gasteiger partial charge in [-0.05, 0) is 59.6 Å². The molecule has 0 spiro atoms. The lowest BCUT2D eigenvalue weighted by Gasteiger charge is -2.12. The second-order valence-electron chi connectivity index (χ2n) is 5.80. The van der Waals surface area contributed by atoms with E-state index in [1.165, 1.54) is 6.07 Å². The molecule has 0 atom stereocenters. The molecule has 0 aromatic heterocycles. The number of ether oxygens (including phenoxy) is 1. The summed E-state index contributed by atoms with van der Waals surface area (Å²) in [6, 6.07) is 20.8. The molecule has 0 unspecified atom stereocenters. The highest BCUT2D eigenvalue weighted by atomic mass is 35.5. The van der Waals surface area contributed by atoms with Crippen LogP contribution >= 0.6 is 11.6 Å². The normalized spacial score (nSPS) is 10.7. The van der Waals surface area contributed by atoms with E-state index >= 15 is 0 Å². The van der Waals surface area contributed by atoms with Crippen LogP contribution in [0.3, 0.4) is 0 Å². The van der Waals surface area contributed by atoms with E-state index in [2.05, 4.69) is 5.32 Å². The van der Waals surface area contributed by atoms with E-state index in [9.17, 15) is 4.39 Å². The first-order valence-corrected chi connectivity index (χ1v) is 8.44. The van der Waals surface area contributed by atoms with Gasteiger partial charge in [0.15, 0.2) is 0 Å². The number of rotatable bonds is 6. The van der Waals surface area contributed by atoms with Gasteiger partial charge in [-0.3, -0.25) is 0 Å². The molecule has 0 saturated carbocycles. The van der Waals surface area contributed by atoms with Gasteiger partial charge >= 0.3 is 0 Å². The van der Waals surface area contributed by atoms with Crippen LogP contribution in [-0.2, 0) is 13.2 Å². The van der Waals surface area contributed by atoms with Gasteiger partial charge in [-0.15, -0.1) is 0 Å². The Morgan fingerprint density at radius 2 is 1.72 bits per heavy atom. The first-order valence-electron chi connectivity index (χ1n) is 8.06. The molecule has 3 aromatic carbocycles. The van der Waals surface area contributed by atoms with Crippen molar-refractivity contribution < 1.29 is 9.13 Å². The summed E-state index contributed by atoms with van der Waals surface area (Å²) in [7, 11) is 1.89. The van der Waals surface area contributed by atoms with Crippen molar-refractivity contribution >= 4 is 11.6 Å². The molecule has 0 aliphatic carbocycles. The first-order chi connectivity index (χ1) is 12.2. The maximum absolute atomic E-state index is 13.8. The second-order valence-corrected chi connectivity index (χ2v) is 6.21. The molecule has 0 saturated heterocycles. The Balaban J connectivity index is 1.89. The highest BCUT2D eigenvalue weighted by molar-refractivity contribution is 6.30. The van der Waals surface area contributed by atoms with Crippen LogP contribution in [0.4, 0.5) is 4.39 Å². The number of halogens is 2. The zero-order valence-corrected chi connectivity index (χ0v) is 14.7. The van der Waals surface area contributed by atoms with Gasteiger partial charge in [0.05, 0.1) is 5.02 Å². The molecule has 2 nitrogen and oxygen atoms in total. The van der Waals surface area contributed by atoms with E-state index in [1.54, 1.807) is 6.07 Å². The molecule has 3 rings (SSSR count). The van der Waals surface area contributed by atoms with Crippen LogP contribution in [0.25, 0.3) is 11.1 Å². The van der Waals surface area contributed by atoms with Gasteiger partial charge in [0, 0.05) is 6.54 Å². The number of hydrogen-bond acceptors (Lipinski definition) is 2. The average molecular weight is 356 g/mol. The maximum atomic E-state index is 13.8. The Kier molecular flexibility index (Phi) is 5.69. The van der Waals surface area contributed by atoms with Gasteiger partial charge in [-0.25, -0.2) is 4.39 Å². The quantitative estimate of drug-likeness (QED) is 0.635. The molecule has 0 amide bonds. The standard InChI is InChI=1S/C21H19ClFNO/c1-24-13-16-9-18(17-7-8-20(22)21(23)12-17)11-19(10-16)25-14-15-5-3-2-4-6-15/h2-12,24H,13-14H2,1H3. The SMILES string of the molecule is CNCc1cc(OCc2ccccc2)cc(-c2ccc(Cl)c(F)c2)c1. The van der Waals surface area contributed by atoms with Crippen LogP contribution in [0.2, 0.25) is 5.02 Å². The van der Waals surface area contributed by atoms with Crippen molar-refractivity contribution in [2.75, 3.05) is 7.05 Å². The summed E-state index contributed by atoms with van der Waals surface area (Å²) in [5, 5.41) is 3.25. The van der Waals surface area contributed by atoms with Gasteiger partial charge in [0.2, 0.25) is 0 Å². The molecule has 128 valence electrons. The molecule has 0 aliphatic rings.